The van der Waals surface area contributed by atoms with E-state index in [1.807, 2.05) is 13.1 Å². The van der Waals surface area contributed by atoms with Crippen LogP contribution in [0.5, 0.6) is 0 Å². The smallest absolute Gasteiger partial charge is 0.0426 e. The Morgan fingerprint density at radius 2 is 2.00 bits per heavy atom. The van der Waals surface area contributed by atoms with Crippen LogP contribution in [0.25, 0.3) is 0 Å². The lowest BCUT2D eigenvalue weighted by Gasteiger charge is -2.43. The fourth-order valence-corrected chi connectivity index (χ4v) is 4.16. The Bertz CT molecular complexity index is 460. The van der Waals surface area contributed by atoms with Crippen molar-refractivity contribution >= 4 is 17.3 Å². The molecule has 1 saturated heterocycles. The molecule has 1 heterocycles. The van der Waals surface area contributed by atoms with Crippen molar-refractivity contribution in [2.75, 3.05) is 25.0 Å². The number of anilines is 1. The van der Waals surface area contributed by atoms with Crippen LogP contribution in [0.1, 0.15) is 37.7 Å². The second-order valence-electron chi connectivity index (χ2n) is 6.34. The summed E-state index contributed by atoms with van der Waals surface area (Å²) in [6, 6.07) is 6.32. The van der Waals surface area contributed by atoms with Gasteiger partial charge in [0.1, 0.15) is 0 Å². The molecule has 20 heavy (non-hydrogen) atoms. The first kappa shape index (κ1) is 14.2. The van der Waals surface area contributed by atoms with Gasteiger partial charge in [-0.1, -0.05) is 36.9 Å². The van der Waals surface area contributed by atoms with E-state index in [4.69, 9.17) is 11.6 Å². The van der Waals surface area contributed by atoms with E-state index in [0.29, 0.717) is 0 Å². The van der Waals surface area contributed by atoms with Crippen LogP contribution in [0.15, 0.2) is 18.2 Å². The van der Waals surface area contributed by atoms with Gasteiger partial charge < -0.3 is 10.2 Å². The average Bonchev–Trinajstić information content (AvgIpc) is 2.49. The normalized spacial score (nSPS) is 26.4. The van der Waals surface area contributed by atoms with E-state index in [9.17, 15) is 0 Å². The van der Waals surface area contributed by atoms with Gasteiger partial charge in [-0.25, -0.2) is 0 Å². The van der Waals surface area contributed by atoms with Crippen molar-refractivity contribution in [3.8, 4) is 0 Å². The van der Waals surface area contributed by atoms with Crippen LogP contribution in [0, 0.1) is 11.8 Å². The van der Waals surface area contributed by atoms with Crippen LogP contribution in [-0.4, -0.2) is 20.1 Å². The lowest BCUT2D eigenvalue weighted by Crippen LogP contribution is -2.42. The number of hydrogen-bond donors (Lipinski definition) is 1. The molecule has 0 amide bonds. The largest absolute Gasteiger partial charge is 0.371 e. The monoisotopic (exact) mass is 292 g/mol. The Morgan fingerprint density at radius 3 is 2.80 bits per heavy atom. The van der Waals surface area contributed by atoms with Crippen LogP contribution < -0.4 is 10.2 Å². The van der Waals surface area contributed by atoms with Crippen molar-refractivity contribution in [2.45, 2.75) is 38.6 Å². The van der Waals surface area contributed by atoms with Crippen LogP contribution in [0.2, 0.25) is 5.02 Å². The van der Waals surface area contributed by atoms with Crippen molar-refractivity contribution in [2.24, 2.45) is 11.8 Å². The van der Waals surface area contributed by atoms with Gasteiger partial charge in [0.2, 0.25) is 0 Å². The summed E-state index contributed by atoms with van der Waals surface area (Å²) in [4.78, 5) is 2.57. The van der Waals surface area contributed by atoms with Gasteiger partial charge >= 0.3 is 0 Å². The number of rotatable bonds is 3. The van der Waals surface area contributed by atoms with Crippen LogP contribution in [-0.2, 0) is 6.54 Å². The minimum absolute atomic E-state index is 0.852. The summed E-state index contributed by atoms with van der Waals surface area (Å²) in [6.45, 7) is 3.33. The number of fused-ring (bicyclic) bond motifs is 1. The van der Waals surface area contributed by atoms with Gasteiger partial charge in [-0.15, -0.1) is 0 Å². The van der Waals surface area contributed by atoms with Crippen LogP contribution in [0.3, 0.4) is 0 Å². The van der Waals surface area contributed by atoms with Gasteiger partial charge in [0, 0.05) is 30.3 Å². The van der Waals surface area contributed by atoms with Gasteiger partial charge in [0.15, 0.2) is 0 Å². The SMILES string of the molecule is CNCc1ccc(Cl)cc1N1CCC2CCCCC2C1. The minimum atomic E-state index is 0.852. The zero-order valence-corrected chi connectivity index (χ0v) is 13.1. The molecule has 3 rings (SSSR count). The molecule has 0 aromatic heterocycles. The summed E-state index contributed by atoms with van der Waals surface area (Å²) in [6.07, 6.45) is 7.11. The van der Waals surface area contributed by atoms with Crippen molar-refractivity contribution < 1.29 is 0 Å². The highest BCUT2D eigenvalue weighted by Gasteiger charge is 2.31. The number of benzene rings is 1. The number of hydrogen-bond acceptors (Lipinski definition) is 2. The number of piperidine rings is 1. The number of halogens is 1. The molecular formula is C17H25ClN2. The third-order valence-corrected chi connectivity index (χ3v) is 5.28. The first-order valence-electron chi connectivity index (χ1n) is 7.96. The number of nitrogens with zero attached hydrogens (tertiary/aromatic N) is 1. The maximum absolute atomic E-state index is 6.23. The Morgan fingerprint density at radius 1 is 1.20 bits per heavy atom. The summed E-state index contributed by atoms with van der Waals surface area (Å²) >= 11 is 6.23. The Hall–Kier alpha value is -0.730. The average molecular weight is 293 g/mol. The summed E-state index contributed by atoms with van der Waals surface area (Å²) < 4.78 is 0. The summed E-state index contributed by atoms with van der Waals surface area (Å²) in [5.74, 6) is 1.88. The maximum Gasteiger partial charge on any atom is 0.0426 e. The molecule has 0 bridgehead atoms. The zero-order chi connectivity index (χ0) is 13.9. The van der Waals surface area contributed by atoms with Crippen molar-refractivity contribution in [3.05, 3.63) is 28.8 Å². The van der Waals surface area contributed by atoms with E-state index in [-0.39, 0.29) is 0 Å². The quantitative estimate of drug-likeness (QED) is 0.903. The molecule has 0 spiro atoms. The summed E-state index contributed by atoms with van der Waals surface area (Å²) in [5, 5.41) is 4.12. The molecule has 2 aliphatic rings. The van der Waals surface area contributed by atoms with Crippen LogP contribution >= 0.6 is 11.6 Å². The molecule has 110 valence electrons. The molecule has 2 nitrogen and oxygen atoms in total. The third-order valence-electron chi connectivity index (χ3n) is 5.05. The minimum Gasteiger partial charge on any atom is -0.371 e. The topological polar surface area (TPSA) is 15.3 Å². The molecule has 1 aliphatic heterocycles. The third kappa shape index (κ3) is 2.96. The van der Waals surface area contributed by atoms with E-state index in [1.165, 1.54) is 56.4 Å². The van der Waals surface area contributed by atoms with E-state index < -0.39 is 0 Å². The standard InChI is InChI=1S/C17H25ClN2/c1-19-11-14-6-7-16(18)10-17(14)20-9-8-13-4-2-3-5-15(13)12-20/h6-7,10,13,15,19H,2-5,8-9,11-12H2,1H3. The van der Waals surface area contributed by atoms with E-state index in [0.717, 1.165) is 23.4 Å². The van der Waals surface area contributed by atoms with Crippen LogP contribution in [0.4, 0.5) is 5.69 Å². The molecule has 2 atom stereocenters. The molecule has 1 aliphatic carbocycles. The van der Waals surface area contributed by atoms with Gasteiger partial charge in [-0.2, -0.15) is 0 Å². The molecule has 1 aromatic carbocycles. The summed E-state index contributed by atoms with van der Waals surface area (Å²) in [7, 11) is 2.01. The second kappa shape index (κ2) is 6.36. The fourth-order valence-electron chi connectivity index (χ4n) is 3.99. The molecule has 2 unspecified atom stereocenters. The Balaban J connectivity index is 1.80. The van der Waals surface area contributed by atoms with Gasteiger partial charge in [0.25, 0.3) is 0 Å². The highest BCUT2D eigenvalue weighted by molar-refractivity contribution is 6.30. The Labute approximate surface area is 127 Å². The van der Waals surface area contributed by atoms with Gasteiger partial charge in [-0.3, -0.25) is 0 Å². The lowest BCUT2D eigenvalue weighted by molar-refractivity contribution is 0.202. The van der Waals surface area contributed by atoms with Crippen molar-refractivity contribution in [3.63, 3.8) is 0 Å². The first-order valence-corrected chi connectivity index (χ1v) is 8.33. The predicted molar refractivity (Wildman–Crippen MR) is 86.5 cm³/mol. The van der Waals surface area contributed by atoms with E-state index in [2.05, 4.69) is 22.3 Å². The van der Waals surface area contributed by atoms with Gasteiger partial charge in [0.05, 0.1) is 0 Å². The van der Waals surface area contributed by atoms with Crippen molar-refractivity contribution in [1.29, 1.82) is 0 Å². The zero-order valence-electron chi connectivity index (χ0n) is 12.4. The van der Waals surface area contributed by atoms with E-state index in [1.54, 1.807) is 0 Å². The molecule has 1 N–H and O–H groups in total. The first-order chi connectivity index (χ1) is 9.78. The fraction of sp³-hybridized carbons (Fsp3) is 0.647. The predicted octanol–water partition coefficient (Wildman–Crippen LogP) is 4.08. The number of nitrogens with one attached hydrogen (secondary N) is 1. The highest BCUT2D eigenvalue weighted by Crippen LogP contribution is 2.38. The summed E-state index contributed by atoms with van der Waals surface area (Å²) in [5.41, 5.74) is 2.71. The Kier molecular flexibility index (Phi) is 4.52. The van der Waals surface area contributed by atoms with Crippen molar-refractivity contribution in [1.82, 2.24) is 5.32 Å². The molecule has 2 fully saturated rings. The van der Waals surface area contributed by atoms with E-state index >= 15 is 0 Å². The lowest BCUT2D eigenvalue weighted by atomic mass is 9.75. The highest BCUT2D eigenvalue weighted by atomic mass is 35.5. The maximum atomic E-state index is 6.23. The van der Waals surface area contributed by atoms with Gasteiger partial charge in [-0.05, 0) is 49.4 Å². The molecular weight excluding hydrogens is 268 g/mol. The molecule has 1 aromatic rings. The molecule has 3 heteroatoms. The molecule has 0 radical (unpaired) electrons. The second-order valence-corrected chi connectivity index (χ2v) is 6.78. The molecule has 1 saturated carbocycles.